The van der Waals surface area contributed by atoms with Crippen molar-refractivity contribution in [2.75, 3.05) is 0 Å². The lowest BCUT2D eigenvalue weighted by atomic mass is 9.94. The summed E-state index contributed by atoms with van der Waals surface area (Å²) in [4.78, 5) is 23.3. The maximum absolute atomic E-state index is 12.3. The molecular formula is C14H16BrNO3. The minimum Gasteiger partial charge on any atom is -0.480 e. The van der Waals surface area contributed by atoms with E-state index < -0.39 is 17.4 Å². The number of halogens is 1. The van der Waals surface area contributed by atoms with Gasteiger partial charge in [0.25, 0.3) is 0 Å². The van der Waals surface area contributed by atoms with Gasteiger partial charge in [0.05, 0.1) is 5.41 Å². The third-order valence-corrected chi connectivity index (χ3v) is 4.12. The first kappa shape index (κ1) is 14.1. The molecule has 0 spiro atoms. The van der Waals surface area contributed by atoms with Crippen molar-refractivity contribution < 1.29 is 14.7 Å². The van der Waals surface area contributed by atoms with Gasteiger partial charge in [-0.1, -0.05) is 35.0 Å². The van der Waals surface area contributed by atoms with Crippen LogP contribution in [0, 0.1) is 0 Å². The van der Waals surface area contributed by atoms with Crippen molar-refractivity contribution in [2.45, 2.75) is 37.6 Å². The molecule has 0 heterocycles. The summed E-state index contributed by atoms with van der Waals surface area (Å²) in [5.41, 5.74) is 0.428. The Bertz CT molecular complexity index is 494. The Morgan fingerprint density at radius 2 is 1.95 bits per heavy atom. The fourth-order valence-electron chi connectivity index (χ4n) is 2.18. The highest BCUT2D eigenvalue weighted by molar-refractivity contribution is 9.10. The highest BCUT2D eigenvalue weighted by Gasteiger charge is 2.51. The summed E-state index contributed by atoms with van der Waals surface area (Å²) in [6, 6.07) is 6.82. The van der Waals surface area contributed by atoms with Gasteiger partial charge in [0.1, 0.15) is 6.04 Å². The van der Waals surface area contributed by atoms with Gasteiger partial charge in [0, 0.05) is 4.47 Å². The van der Waals surface area contributed by atoms with E-state index in [0.29, 0.717) is 6.42 Å². The second-order valence-corrected chi connectivity index (χ2v) is 5.78. The Labute approximate surface area is 120 Å². The number of rotatable bonds is 5. The van der Waals surface area contributed by atoms with Crippen LogP contribution in [0.25, 0.3) is 0 Å². The lowest BCUT2D eigenvalue weighted by Gasteiger charge is -2.19. The van der Waals surface area contributed by atoms with Gasteiger partial charge in [0.2, 0.25) is 5.91 Å². The maximum atomic E-state index is 12.3. The van der Waals surface area contributed by atoms with E-state index in [-0.39, 0.29) is 5.91 Å². The number of carboxylic acids is 1. The van der Waals surface area contributed by atoms with Gasteiger partial charge < -0.3 is 10.4 Å². The SMILES string of the molecule is CC[C@@H](NC(=O)C1(c2ccc(Br)cc2)CC1)C(=O)O. The molecule has 0 saturated heterocycles. The first-order valence-corrected chi connectivity index (χ1v) is 7.09. The van der Waals surface area contributed by atoms with Crippen molar-refractivity contribution in [2.24, 2.45) is 0 Å². The molecule has 1 aliphatic rings. The van der Waals surface area contributed by atoms with E-state index in [4.69, 9.17) is 5.11 Å². The largest absolute Gasteiger partial charge is 0.480 e. The van der Waals surface area contributed by atoms with E-state index in [1.54, 1.807) is 6.92 Å². The topological polar surface area (TPSA) is 66.4 Å². The number of carbonyl (C=O) groups is 2. The first-order chi connectivity index (χ1) is 8.99. The third kappa shape index (κ3) is 2.81. The van der Waals surface area contributed by atoms with Crippen LogP contribution in [0.2, 0.25) is 0 Å². The summed E-state index contributed by atoms with van der Waals surface area (Å²) in [6.07, 6.45) is 1.94. The van der Waals surface area contributed by atoms with Crippen molar-refractivity contribution in [1.82, 2.24) is 5.32 Å². The van der Waals surface area contributed by atoms with Crippen LogP contribution >= 0.6 is 15.9 Å². The highest BCUT2D eigenvalue weighted by atomic mass is 79.9. The van der Waals surface area contributed by atoms with Crippen molar-refractivity contribution in [1.29, 1.82) is 0 Å². The third-order valence-electron chi connectivity index (χ3n) is 3.59. The number of amides is 1. The molecule has 0 radical (unpaired) electrons. The van der Waals surface area contributed by atoms with Crippen LogP contribution < -0.4 is 5.32 Å². The standard InChI is InChI=1S/C14H16BrNO3/c1-2-11(12(17)18)16-13(19)14(7-8-14)9-3-5-10(15)6-4-9/h3-6,11H,2,7-8H2,1H3,(H,16,19)(H,17,18)/t11-/m1/s1. The molecule has 19 heavy (non-hydrogen) atoms. The Hall–Kier alpha value is -1.36. The van der Waals surface area contributed by atoms with Gasteiger partial charge in [-0.3, -0.25) is 4.79 Å². The van der Waals surface area contributed by atoms with Crippen LogP contribution in [-0.4, -0.2) is 23.0 Å². The van der Waals surface area contributed by atoms with E-state index >= 15 is 0 Å². The van der Waals surface area contributed by atoms with Crippen LogP contribution in [0.15, 0.2) is 28.7 Å². The smallest absolute Gasteiger partial charge is 0.326 e. The molecule has 1 amide bonds. The molecule has 1 saturated carbocycles. The first-order valence-electron chi connectivity index (χ1n) is 6.29. The average Bonchev–Trinajstić information content (AvgIpc) is 3.17. The minimum absolute atomic E-state index is 0.177. The monoisotopic (exact) mass is 325 g/mol. The van der Waals surface area contributed by atoms with Crippen molar-refractivity contribution in [3.05, 3.63) is 34.3 Å². The molecule has 4 nitrogen and oxygen atoms in total. The number of aliphatic carboxylic acids is 1. The zero-order chi connectivity index (χ0) is 14.0. The van der Waals surface area contributed by atoms with Gasteiger partial charge in [0.15, 0.2) is 0 Å². The summed E-state index contributed by atoms with van der Waals surface area (Å²) in [6.45, 7) is 1.75. The Balaban J connectivity index is 2.14. The summed E-state index contributed by atoms with van der Waals surface area (Å²) >= 11 is 3.36. The summed E-state index contributed by atoms with van der Waals surface area (Å²) in [5, 5.41) is 11.6. The number of nitrogens with one attached hydrogen (secondary N) is 1. The van der Waals surface area contributed by atoms with Gasteiger partial charge in [-0.15, -0.1) is 0 Å². The molecule has 0 unspecified atom stereocenters. The van der Waals surface area contributed by atoms with Crippen LogP contribution in [0.5, 0.6) is 0 Å². The molecule has 1 atom stereocenters. The number of hydrogen-bond donors (Lipinski definition) is 2. The summed E-state index contributed by atoms with van der Waals surface area (Å²) < 4.78 is 0.962. The zero-order valence-electron chi connectivity index (χ0n) is 10.6. The van der Waals surface area contributed by atoms with E-state index in [0.717, 1.165) is 22.9 Å². The highest BCUT2D eigenvalue weighted by Crippen LogP contribution is 2.48. The number of benzene rings is 1. The number of carbonyl (C=O) groups excluding carboxylic acids is 1. The number of hydrogen-bond acceptors (Lipinski definition) is 2. The molecule has 1 fully saturated rings. The van der Waals surface area contributed by atoms with Gasteiger partial charge in [-0.2, -0.15) is 0 Å². The number of carboxylic acid groups (broad SMARTS) is 1. The van der Waals surface area contributed by atoms with E-state index in [9.17, 15) is 9.59 Å². The van der Waals surface area contributed by atoms with Crippen LogP contribution in [-0.2, 0) is 15.0 Å². The molecule has 0 aliphatic heterocycles. The molecule has 102 valence electrons. The quantitative estimate of drug-likeness (QED) is 0.873. The van der Waals surface area contributed by atoms with Crippen LogP contribution in [0.3, 0.4) is 0 Å². The van der Waals surface area contributed by atoms with Gasteiger partial charge >= 0.3 is 5.97 Å². The predicted molar refractivity (Wildman–Crippen MR) is 74.9 cm³/mol. The molecule has 1 aromatic rings. The molecule has 1 aliphatic carbocycles. The van der Waals surface area contributed by atoms with Crippen molar-refractivity contribution in [3.63, 3.8) is 0 Å². The van der Waals surface area contributed by atoms with E-state index in [2.05, 4.69) is 21.2 Å². The molecule has 0 aromatic heterocycles. The fourth-order valence-corrected chi connectivity index (χ4v) is 2.44. The van der Waals surface area contributed by atoms with E-state index in [1.807, 2.05) is 24.3 Å². The zero-order valence-corrected chi connectivity index (χ0v) is 12.2. The second-order valence-electron chi connectivity index (χ2n) is 4.86. The van der Waals surface area contributed by atoms with Crippen molar-refractivity contribution >= 4 is 27.8 Å². The maximum Gasteiger partial charge on any atom is 0.326 e. The van der Waals surface area contributed by atoms with Crippen LogP contribution in [0.4, 0.5) is 0 Å². The van der Waals surface area contributed by atoms with Crippen LogP contribution in [0.1, 0.15) is 31.7 Å². The molecule has 0 bridgehead atoms. The molecule has 1 aromatic carbocycles. The predicted octanol–water partition coefficient (Wildman–Crippen LogP) is 2.46. The summed E-state index contributed by atoms with van der Waals surface area (Å²) in [7, 11) is 0. The lowest BCUT2D eigenvalue weighted by molar-refractivity contribution is -0.142. The fraction of sp³-hybridized carbons (Fsp3) is 0.429. The molecule has 2 rings (SSSR count). The van der Waals surface area contributed by atoms with E-state index in [1.165, 1.54) is 0 Å². The second kappa shape index (κ2) is 5.33. The van der Waals surface area contributed by atoms with Gasteiger partial charge in [-0.25, -0.2) is 4.79 Å². The van der Waals surface area contributed by atoms with Crippen molar-refractivity contribution in [3.8, 4) is 0 Å². The molecular weight excluding hydrogens is 310 g/mol. The average molecular weight is 326 g/mol. The summed E-state index contributed by atoms with van der Waals surface area (Å²) in [5.74, 6) is -1.16. The Morgan fingerprint density at radius 3 is 2.37 bits per heavy atom. The lowest BCUT2D eigenvalue weighted by Crippen LogP contribution is -2.45. The Kier molecular flexibility index (Phi) is 3.94. The molecule has 2 N–H and O–H groups in total. The molecule has 5 heteroatoms. The normalized spacial score (nSPS) is 17.6. The Morgan fingerprint density at radius 1 is 1.37 bits per heavy atom. The minimum atomic E-state index is -0.984. The van der Waals surface area contributed by atoms with Gasteiger partial charge in [-0.05, 0) is 37.0 Å².